The Kier molecular flexibility index (Phi) is 4.27. The molecule has 0 aromatic carbocycles. The van der Waals surface area contributed by atoms with E-state index in [-0.39, 0.29) is 0 Å². The molecule has 0 aromatic heterocycles. The van der Waals surface area contributed by atoms with Crippen molar-refractivity contribution in [3.8, 4) is 0 Å². The Morgan fingerprint density at radius 3 is 2.50 bits per heavy atom. The number of aldehydes is 1. The van der Waals surface area contributed by atoms with Crippen LogP contribution in [0.3, 0.4) is 0 Å². The van der Waals surface area contributed by atoms with Crippen LogP contribution in [-0.2, 0) is 4.79 Å². The number of carbonyl (C=O) groups is 1. The Labute approximate surface area is 53.6 Å². The van der Waals surface area contributed by atoms with Crippen LogP contribution < -0.4 is 0 Å². The minimum absolute atomic E-state index is 0.549. The summed E-state index contributed by atoms with van der Waals surface area (Å²) < 4.78 is 0. The van der Waals surface area contributed by atoms with Crippen LogP contribution in [0, 0.1) is 0 Å². The number of hydrogen-bond donors (Lipinski definition) is 0. The summed E-state index contributed by atoms with van der Waals surface area (Å²) in [5, 5.41) is 0. The first-order valence-corrected chi connectivity index (χ1v) is 2.64. The second kappa shape index (κ2) is 4.60. The Morgan fingerprint density at radius 1 is 1.75 bits per heavy atom. The lowest BCUT2D eigenvalue weighted by Crippen LogP contribution is -1.77. The van der Waals surface area contributed by atoms with E-state index in [4.69, 9.17) is 11.6 Å². The van der Waals surface area contributed by atoms with Crippen molar-refractivity contribution in [2.24, 2.45) is 0 Å². The standard InChI is InChI=1S/C6H7ClO/c1-2-3-6(4-7)5-8/h2,4-5H,1,3H2/b6-4-. The van der Waals surface area contributed by atoms with Crippen LogP contribution >= 0.6 is 11.6 Å². The first-order chi connectivity index (χ1) is 3.85. The largest absolute Gasteiger partial charge is 0.298 e. The molecule has 8 heavy (non-hydrogen) atoms. The Hall–Kier alpha value is -0.560. The van der Waals surface area contributed by atoms with E-state index in [1.54, 1.807) is 6.08 Å². The van der Waals surface area contributed by atoms with Crippen LogP contribution in [0.4, 0.5) is 0 Å². The smallest absolute Gasteiger partial charge is 0.147 e. The molecule has 0 aromatic rings. The van der Waals surface area contributed by atoms with Gasteiger partial charge in [-0.15, -0.1) is 6.58 Å². The molecule has 0 aliphatic carbocycles. The topological polar surface area (TPSA) is 17.1 Å². The fourth-order valence-electron chi connectivity index (χ4n) is 0.285. The third kappa shape index (κ3) is 2.59. The van der Waals surface area contributed by atoms with Crippen LogP contribution in [0.2, 0.25) is 0 Å². The summed E-state index contributed by atoms with van der Waals surface area (Å²) in [7, 11) is 0. The van der Waals surface area contributed by atoms with Crippen molar-refractivity contribution in [1.82, 2.24) is 0 Å². The fraction of sp³-hybridized carbons (Fsp3) is 0.167. The van der Waals surface area contributed by atoms with Gasteiger partial charge in [-0.2, -0.15) is 0 Å². The summed E-state index contributed by atoms with van der Waals surface area (Å²) in [6.07, 6.45) is 2.89. The number of hydrogen-bond acceptors (Lipinski definition) is 1. The zero-order chi connectivity index (χ0) is 6.41. The van der Waals surface area contributed by atoms with Crippen LogP contribution in [0.5, 0.6) is 0 Å². The average Bonchev–Trinajstić information content (AvgIpc) is 1.83. The van der Waals surface area contributed by atoms with Gasteiger partial charge in [-0.3, -0.25) is 4.79 Å². The molecule has 0 saturated heterocycles. The number of allylic oxidation sites excluding steroid dienone is 2. The molecule has 44 valence electrons. The summed E-state index contributed by atoms with van der Waals surface area (Å²) >= 11 is 5.21. The molecule has 1 nitrogen and oxygen atoms in total. The van der Waals surface area contributed by atoms with E-state index in [9.17, 15) is 4.79 Å². The van der Waals surface area contributed by atoms with Gasteiger partial charge in [-0.25, -0.2) is 0 Å². The van der Waals surface area contributed by atoms with E-state index in [2.05, 4.69) is 6.58 Å². The molecule has 0 spiro atoms. The van der Waals surface area contributed by atoms with Gasteiger partial charge in [0, 0.05) is 11.1 Å². The highest BCUT2D eigenvalue weighted by Gasteiger charge is 1.86. The second-order valence-electron chi connectivity index (χ2n) is 1.29. The van der Waals surface area contributed by atoms with E-state index in [0.29, 0.717) is 18.3 Å². The van der Waals surface area contributed by atoms with E-state index >= 15 is 0 Å². The van der Waals surface area contributed by atoms with Crippen molar-refractivity contribution in [2.75, 3.05) is 0 Å². The highest BCUT2D eigenvalue weighted by atomic mass is 35.5. The zero-order valence-electron chi connectivity index (χ0n) is 4.43. The third-order valence-electron chi connectivity index (χ3n) is 0.672. The molecule has 0 amide bonds. The summed E-state index contributed by atoms with van der Waals surface area (Å²) in [6.45, 7) is 3.44. The molecule has 0 fully saturated rings. The van der Waals surface area contributed by atoms with Crippen LogP contribution in [0.1, 0.15) is 6.42 Å². The van der Waals surface area contributed by atoms with Crippen molar-refractivity contribution in [3.63, 3.8) is 0 Å². The highest BCUT2D eigenvalue weighted by Crippen LogP contribution is 1.98. The molecule has 0 aliphatic heterocycles. The van der Waals surface area contributed by atoms with Crippen LogP contribution in [-0.4, -0.2) is 6.29 Å². The van der Waals surface area contributed by atoms with E-state index in [1.165, 1.54) is 5.54 Å². The van der Waals surface area contributed by atoms with Gasteiger partial charge < -0.3 is 0 Å². The molecule has 0 rings (SSSR count). The molecule has 0 atom stereocenters. The molecule has 0 radical (unpaired) electrons. The van der Waals surface area contributed by atoms with Gasteiger partial charge >= 0.3 is 0 Å². The number of rotatable bonds is 3. The molecule has 2 heteroatoms. The van der Waals surface area contributed by atoms with E-state index < -0.39 is 0 Å². The van der Waals surface area contributed by atoms with Gasteiger partial charge in [-0.05, 0) is 6.42 Å². The normalized spacial score (nSPS) is 10.9. The van der Waals surface area contributed by atoms with Gasteiger partial charge in [0.15, 0.2) is 0 Å². The second-order valence-corrected chi connectivity index (χ2v) is 1.51. The summed E-state index contributed by atoms with van der Waals surface area (Å²) in [6, 6.07) is 0. The lowest BCUT2D eigenvalue weighted by atomic mass is 10.2. The first kappa shape index (κ1) is 7.44. The number of carbonyl (C=O) groups excluding carboxylic acids is 1. The van der Waals surface area contributed by atoms with Crippen molar-refractivity contribution in [2.45, 2.75) is 6.42 Å². The zero-order valence-corrected chi connectivity index (χ0v) is 5.19. The monoisotopic (exact) mass is 130 g/mol. The lowest BCUT2D eigenvalue weighted by Gasteiger charge is -1.84. The minimum atomic E-state index is 0.549. The quantitative estimate of drug-likeness (QED) is 0.324. The Balaban J connectivity index is 3.71. The van der Waals surface area contributed by atoms with Gasteiger partial charge in [0.1, 0.15) is 6.29 Å². The molecule has 0 unspecified atom stereocenters. The predicted molar refractivity (Wildman–Crippen MR) is 34.8 cm³/mol. The molecule has 0 N–H and O–H groups in total. The first-order valence-electron chi connectivity index (χ1n) is 2.20. The molecule has 0 aliphatic rings. The van der Waals surface area contributed by atoms with Crippen molar-refractivity contribution >= 4 is 17.9 Å². The SMILES string of the molecule is C=CC/C(C=O)=C/Cl. The van der Waals surface area contributed by atoms with E-state index in [1.807, 2.05) is 0 Å². The average molecular weight is 131 g/mol. The maximum Gasteiger partial charge on any atom is 0.147 e. The summed E-state index contributed by atoms with van der Waals surface area (Å²) in [4.78, 5) is 9.93. The molecular weight excluding hydrogens is 124 g/mol. The van der Waals surface area contributed by atoms with Crippen LogP contribution in [0.25, 0.3) is 0 Å². The maximum absolute atomic E-state index is 9.93. The molecule has 0 bridgehead atoms. The third-order valence-corrected chi connectivity index (χ3v) is 0.952. The van der Waals surface area contributed by atoms with Crippen molar-refractivity contribution in [1.29, 1.82) is 0 Å². The van der Waals surface area contributed by atoms with Gasteiger partial charge in [0.25, 0.3) is 0 Å². The summed E-state index contributed by atoms with van der Waals surface area (Å²) in [5.74, 6) is 0. The Bertz CT molecular complexity index is 116. The van der Waals surface area contributed by atoms with Gasteiger partial charge in [0.2, 0.25) is 0 Å². The molecule has 0 saturated carbocycles. The van der Waals surface area contributed by atoms with E-state index in [0.717, 1.165) is 0 Å². The number of halogens is 1. The predicted octanol–water partition coefficient (Wildman–Crippen LogP) is 1.88. The van der Waals surface area contributed by atoms with Gasteiger partial charge in [0.05, 0.1) is 0 Å². The Morgan fingerprint density at radius 2 is 2.38 bits per heavy atom. The summed E-state index contributed by atoms with van der Waals surface area (Å²) in [5.41, 5.74) is 1.82. The molecular formula is C6H7ClO. The van der Waals surface area contributed by atoms with Gasteiger partial charge in [-0.1, -0.05) is 17.7 Å². The van der Waals surface area contributed by atoms with Crippen molar-refractivity contribution < 1.29 is 4.79 Å². The van der Waals surface area contributed by atoms with Crippen molar-refractivity contribution in [3.05, 3.63) is 23.8 Å². The fourth-order valence-corrected chi connectivity index (χ4v) is 0.426. The lowest BCUT2D eigenvalue weighted by molar-refractivity contribution is -0.104. The minimum Gasteiger partial charge on any atom is -0.298 e. The van der Waals surface area contributed by atoms with Crippen LogP contribution in [0.15, 0.2) is 23.8 Å². The maximum atomic E-state index is 9.93. The molecule has 0 heterocycles. The highest BCUT2D eigenvalue weighted by molar-refractivity contribution is 6.26.